The molecule has 7 nitrogen and oxygen atoms in total. The van der Waals surface area contributed by atoms with Gasteiger partial charge in [-0.15, -0.1) is 0 Å². The van der Waals surface area contributed by atoms with Crippen LogP contribution in [0, 0.1) is 0 Å². The Hall–Kier alpha value is -3.01. The Kier molecular flexibility index (Phi) is 8.00. The number of ether oxygens (including phenoxy) is 1. The fourth-order valence-corrected chi connectivity index (χ4v) is 4.97. The van der Waals surface area contributed by atoms with E-state index in [0.29, 0.717) is 21.8 Å². The van der Waals surface area contributed by atoms with Crippen LogP contribution < -0.4 is 14.5 Å². The second-order valence-electron chi connectivity index (χ2n) is 7.96. The van der Waals surface area contributed by atoms with E-state index in [2.05, 4.69) is 10.5 Å². The number of hydrogen-bond donors (Lipinski definition) is 1. The number of nitrogens with zero attached hydrogens (tertiary/aromatic N) is 2. The molecule has 1 aliphatic rings. The minimum Gasteiger partial charge on any atom is -0.489 e. The van der Waals surface area contributed by atoms with Crippen molar-refractivity contribution in [3.63, 3.8) is 0 Å². The predicted molar refractivity (Wildman–Crippen MR) is 142 cm³/mol. The maximum atomic E-state index is 12.5. The fourth-order valence-electron chi connectivity index (χ4n) is 3.33. The van der Waals surface area contributed by atoms with Crippen molar-refractivity contribution in [2.24, 2.45) is 5.10 Å². The molecule has 0 aliphatic carbocycles. The van der Waals surface area contributed by atoms with Crippen molar-refractivity contribution in [2.45, 2.75) is 12.6 Å². The van der Waals surface area contributed by atoms with Crippen molar-refractivity contribution in [1.82, 2.24) is 5.43 Å². The third-order valence-corrected chi connectivity index (χ3v) is 7.96. The van der Waals surface area contributed by atoms with Crippen LogP contribution in [-0.4, -0.2) is 44.4 Å². The number of amides is 1. The highest BCUT2D eigenvalue weighted by atomic mass is 35.5. The average molecular weight is 530 g/mol. The average Bonchev–Trinajstić information content (AvgIpc) is 2.80. The summed E-state index contributed by atoms with van der Waals surface area (Å²) < 4.78 is 31.9. The Morgan fingerprint density at radius 1 is 1.14 bits per heavy atom. The lowest BCUT2D eigenvalue weighted by atomic mass is 10.2. The van der Waals surface area contributed by atoms with E-state index in [9.17, 15) is 13.2 Å². The summed E-state index contributed by atoms with van der Waals surface area (Å²) >= 11 is 8.06. The molecular weight excluding hydrogens is 506 g/mol. The number of halogens is 1. The SMILES string of the molecule is CS(=O)(=O)N(Cc1ccccc1Cl)c1ccc(C(=O)N/N=C\c2cccc(OC3CSC3)c2)cc1. The van der Waals surface area contributed by atoms with Crippen LogP contribution >= 0.6 is 23.4 Å². The highest BCUT2D eigenvalue weighted by molar-refractivity contribution is 8.00. The third kappa shape index (κ3) is 6.78. The number of hydrogen-bond acceptors (Lipinski definition) is 6. The number of sulfonamides is 1. The first-order chi connectivity index (χ1) is 16.8. The lowest BCUT2D eigenvalue weighted by Gasteiger charge is -2.25. The molecule has 10 heteroatoms. The maximum absolute atomic E-state index is 12.5. The molecule has 0 unspecified atom stereocenters. The monoisotopic (exact) mass is 529 g/mol. The summed E-state index contributed by atoms with van der Waals surface area (Å²) in [4.78, 5) is 12.5. The molecule has 3 aromatic carbocycles. The van der Waals surface area contributed by atoms with E-state index in [4.69, 9.17) is 16.3 Å². The topological polar surface area (TPSA) is 88.1 Å². The van der Waals surface area contributed by atoms with Gasteiger partial charge in [0.1, 0.15) is 11.9 Å². The van der Waals surface area contributed by atoms with Gasteiger partial charge in [-0.1, -0.05) is 41.9 Å². The first-order valence-electron chi connectivity index (χ1n) is 10.8. The van der Waals surface area contributed by atoms with Gasteiger partial charge in [-0.3, -0.25) is 9.10 Å². The van der Waals surface area contributed by atoms with Crippen LogP contribution in [0.4, 0.5) is 5.69 Å². The van der Waals surface area contributed by atoms with Crippen molar-refractivity contribution in [3.8, 4) is 5.75 Å². The van der Waals surface area contributed by atoms with E-state index < -0.39 is 15.9 Å². The Morgan fingerprint density at radius 2 is 1.89 bits per heavy atom. The molecule has 0 bridgehead atoms. The third-order valence-electron chi connectivity index (χ3n) is 5.24. The predicted octanol–water partition coefficient (Wildman–Crippen LogP) is 4.56. The summed E-state index contributed by atoms with van der Waals surface area (Å²) in [6.07, 6.45) is 2.92. The molecule has 1 N–H and O–H groups in total. The van der Waals surface area contributed by atoms with Crippen molar-refractivity contribution < 1.29 is 17.9 Å². The molecule has 182 valence electrons. The van der Waals surface area contributed by atoms with Gasteiger partial charge < -0.3 is 4.74 Å². The number of rotatable bonds is 9. The summed E-state index contributed by atoms with van der Waals surface area (Å²) in [5, 5.41) is 4.51. The van der Waals surface area contributed by atoms with Gasteiger partial charge in [-0.05, 0) is 53.6 Å². The van der Waals surface area contributed by atoms with Gasteiger partial charge in [-0.25, -0.2) is 13.8 Å². The largest absolute Gasteiger partial charge is 0.489 e. The first-order valence-corrected chi connectivity index (χ1v) is 14.2. The molecule has 0 aromatic heterocycles. The van der Waals surface area contributed by atoms with Crippen LogP contribution in [0.15, 0.2) is 77.9 Å². The van der Waals surface area contributed by atoms with Gasteiger partial charge in [-0.2, -0.15) is 16.9 Å². The normalized spacial score (nSPS) is 13.9. The van der Waals surface area contributed by atoms with Crippen LogP contribution in [-0.2, 0) is 16.6 Å². The number of carbonyl (C=O) groups excluding carboxylic acids is 1. The molecule has 1 amide bonds. The molecule has 0 saturated carbocycles. The molecule has 0 atom stereocenters. The van der Waals surface area contributed by atoms with Crippen molar-refractivity contribution in [2.75, 3.05) is 22.1 Å². The number of thioether (sulfide) groups is 1. The van der Waals surface area contributed by atoms with Crippen LogP contribution in [0.1, 0.15) is 21.5 Å². The molecule has 0 spiro atoms. The molecule has 1 fully saturated rings. The van der Waals surface area contributed by atoms with Crippen LogP contribution in [0.2, 0.25) is 5.02 Å². The summed E-state index contributed by atoms with van der Waals surface area (Å²) in [6, 6.07) is 20.8. The second kappa shape index (κ2) is 11.2. The molecule has 1 saturated heterocycles. The molecule has 4 rings (SSSR count). The van der Waals surface area contributed by atoms with Gasteiger partial charge in [0, 0.05) is 22.1 Å². The molecule has 1 aliphatic heterocycles. The van der Waals surface area contributed by atoms with Crippen molar-refractivity contribution in [1.29, 1.82) is 0 Å². The molecular formula is C25H24ClN3O4S2. The van der Waals surface area contributed by atoms with E-state index in [0.717, 1.165) is 29.1 Å². The molecule has 0 radical (unpaired) electrons. The van der Waals surface area contributed by atoms with E-state index in [1.807, 2.05) is 36.0 Å². The number of anilines is 1. The number of nitrogens with one attached hydrogen (secondary N) is 1. The minimum absolute atomic E-state index is 0.0801. The summed E-state index contributed by atoms with van der Waals surface area (Å²) in [7, 11) is -3.58. The van der Waals surface area contributed by atoms with Gasteiger partial charge in [0.15, 0.2) is 0 Å². The highest BCUT2D eigenvalue weighted by Gasteiger charge is 2.20. The summed E-state index contributed by atoms with van der Waals surface area (Å²) in [5.41, 5.74) is 4.74. The van der Waals surface area contributed by atoms with Gasteiger partial charge in [0.05, 0.1) is 24.7 Å². The van der Waals surface area contributed by atoms with E-state index in [-0.39, 0.29) is 12.6 Å². The number of carbonyl (C=O) groups is 1. The zero-order valence-electron chi connectivity index (χ0n) is 18.9. The van der Waals surface area contributed by atoms with Crippen LogP contribution in [0.5, 0.6) is 5.75 Å². The van der Waals surface area contributed by atoms with Crippen LogP contribution in [0.25, 0.3) is 0 Å². The van der Waals surface area contributed by atoms with Gasteiger partial charge >= 0.3 is 0 Å². The van der Waals surface area contributed by atoms with Crippen molar-refractivity contribution >= 4 is 51.2 Å². The Bertz CT molecular complexity index is 1330. The lowest BCUT2D eigenvalue weighted by molar-refractivity contribution is 0.0955. The van der Waals surface area contributed by atoms with E-state index in [1.54, 1.807) is 54.7 Å². The Balaban J connectivity index is 1.40. The summed E-state index contributed by atoms with van der Waals surface area (Å²) in [6.45, 7) is 0.0801. The zero-order chi connectivity index (χ0) is 24.8. The molecule has 1 heterocycles. The molecule has 35 heavy (non-hydrogen) atoms. The zero-order valence-corrected chi connectivity index (χ0v) is 21.3. The minimum atomic E-state index is -3.58. The van der Waals surface area contributed by atoms with Crippen LogP contribution in [0.3, 0.4) is 0 Å². The van der Waals surface area contributed by atoms with Gasteiger partial charge in [0.25, 0.3) is 5.91 Å². The lowest BCUT2D eigenvalue weighted by Crippen LogP contribution is -2.31. The first kappa shape index (κ1) is 25.1. The Labute approximate surface area is 214 Å². The molecule has 3 aromatic rings. The number of benzene rings is 3. The second-order valence-corrected chi connectivity index (χ2v) is 11.3. The van der Waals surface area contributed by atoms with Crippen molar-refractivity contribution in [3.05, 3.63) is 94.5 Å². The van der Waals surface area contributed by atoms with Gasteiger partial charge in [0.2, 0.25) is 10.0 Å². The Morgan fingerprint density at radius 3 is 2.54 bits per heavy atom. The smallest absolute Gasteiger partial charge is 0.271 e. The van der Waals surface area contributed by atoms with E-state index >= 15 is 0 Å². The maximum Gasteiger partial charge on any atom is 0.271 e. The standard InChI is InChI=1S/C25H24ClN3O4S2/c1-35(31,32)29(15-20-6-2-3-8-24(20)26)21-11-9-19(10-12-21)25(30)28-27-14-18-5-4-7-22(13-18)33-23-16-34-17-23/h2-14,23H,15-17H2,1H3,(H,28,30)/b27-14-. The summed E-state index contributed by atoms with van der Waals surface area (Å²) in [5.74, 6) is 2.35. The van der Waals surface area contributed by atoms with E-state index in [1.165, 1.54) is 4.31 Å². The highest BCUT2D eigenvalue weighted by Crippen LogP contribution is 2.25. The fraction of sp³-hybridized carbons (Fsp3) is 0.200. The number of hydrazone groups is 1. The quantitative estimate of drug-likeness (QED) is 0.324.